The number of hydrogen-bond donors (Lipinski definition) is 1. The highest BCUT2D eigenvalue weighted by Crippen LogP contribution is 2.64. The van der Waals surface area contributed by atoms with Crippen molar-refractivity contribution in [3.8, 4) is 0 Å². The summed E-state index contributed by atoms with van der Waals surface area (Å²) in [5.41, 5.74) is 0.649. The standard InChI is InChI=1S/C27H36N2O6/c1-6-14-28(21-17(4)10-9-11-18(21)5)24(32)22-27-13-12-26(7-2,35-27)20(25(33)34-8-3)19(27)23(31)29(22)15-16-30/h6,9-11,19-20,22,30H,1,7-8,12-16H2,2-5H3/t19-,20+,22?,26-,27?/m0/s1. The molecule has 0 aliphatic carbocycles. The van der Waals surface area contributed by atoms with Crippen LogP contribution in [0, 0.1) is 25.7 Å². The maximum Gasteiger partial charge on any atom is 0.312 e. The Labute approximate surface area is 206 Å². The van der Waals surface area contributed by atoms with E-state index in [1.54, 1.807) is 17.9 Å². The Hall–Kier alpha value is -2.71. The van der Waals surface area contributed by atoms with Crippen molar-refractivity contribution in [2.45, 2.75) is 64.2 Å². The largest absolute Gasteiger partial charge is 0.466 e. The minimum absolute atomic E-state index is 0.0137. The number of fused-ring (bicyclic) bond motifs is 1. The zero-order valence-corrected chi connectivity index (χ0v) is 21.1. The number of amides is 2. The Bertz CT molecular complexity index is 1020. The van der Waals surface area contributed by atoms with Crippen LogP contribution in [0.3, 0.4) is 0 Å². The van der Waals surface area contributed by atoms with Crippen LogP contribution in [-0.4, -0.2) is 71.3 Å². The summed E-state index contributed by atoms with van der Waals surface area (Å²) in [7, 11) is 0. The molecule has 3 aliphatic heterocycles. The average molecular weight is 485 g/mol. The molecule has 5 atom stereocenters. The summed E-state index contributed by atoms with van der Waals surface area (Å²) >= 11 is 0. The van der Waals surface area contributed by atoms with Crippen molar-refractivity contribution in [1.82, 2.24) is 4.90 Å². The third-order valence-electron chi connectivity index (χ3n) is 8.08. The van der Waals surface area contributed by atoms with Gasteiger partial charge in [0.2, 0.25) is 5.91 Å². The highest BCUT2D eigenvalue weighted by molar-refractivity contribution is 6.05. The second-order valence-electron chi connectivity index (χ2n) is 9.82. The first-order valence-electron chi connectivity index (χ1n) is 12.5. The van der Waals surface area contributed by atoms with Crippen LogP contribution in [0.4, 0.5) is 5.69 Å². The number of likely N-dealkylation sites (tertiary alicyclic amines) is 1. The summed E-state index contributed by atoms with van der Waals surface area (Å²) in [6.45, 7) is 11.6. The fourth-order valence-corrected chi connectivity index (χ4v) is 6.74. The molecule has 0 radical (unpaired) electrons. The minimum atomic E-state index is -1.15. The molecule has 8 heteroatoms. The normalized spacial score (nSPS) is 30.9. The Morgan fingerprint density at radius 3 is 2.54 bits per heavy atom. The van der Waals surface area contributed by atoms with Crippen LogP contribution in [0.1, 0.15) is 44.2 Å². The zero-order chi connectivity index (χ0) is 25.5. The molecule has 2 amide bonds. The highest BCUT2D eigenvalue weighted by atomic mass is 16.6. The number of ether oxygens (including phenoxy) is 2. The lowest BCUT2D eigenvalue weighted by atomic mass is 9.65. The van der Waals surface area contributed by atoms with Gasteiger partial charge >= 0.3 is 5.97 Å². The molecule has 2 unspecified atom stereocenters. The van der Waals surface area contributed by atoms with Crippen LogP contribution >= 0.6 is 0 Å². The number of benzene rings is 1. The molecule has 3 saturated heterocycles. The van der Waals surface area contributed by atoms with Gasteiger partial charge in [-0.2, -0.15) is 0 Å². The zero-order valence-electron chi connectivity index (χ0n) is 21.1. The van der Waals surface area contributed by atoms with E-state index in [1.165, 1.54) is 4.90 Å². The van der Waals surface area contributed by atoms with Crippen LogP contribution in [-0.2, 0) is 23.9 Å². The van der Waals surface area contributed by atoms with Crippen molar-refractivity contribution < 1.29 is 29.0 Å². The molecule has 1 spiro atoms. The van der Waals surface area contributed by atoms with Crippen LogP contribution in [0.25, 0.3) is 0 Å². The van der Waals surface area contributed by atoms with Crippen LogP contribution in [0.2, 0.25) is 0 Å². The molecule has 1 aromatic rings. The molecule has 0 saturated carbocycles. The molecule has 3 aliphatic rings. The first-order valence-corrected chi connectivity index (χ1v) is 12.5. The number of hydrogen-bond acceptors (Lipinski definition) is 6. The molecule has 1 N–H and O–H groups in total. The quantitative estimate of drug-likeness (QED) is 0.428. The van der Waals surface area contributed by atoms with E-state index in [0.717, 1.165) is 16.8 Å². The predicted molar refractivity (Wildman–Crippen MR) is 131 cm³/mol. The van der Waals surface area contributed by atoms with Crippen LogP contribution in [0.5, 0.6) is 0 Å². The number of aliphatic hydroxyl groups is 1. The summed E-state index contributed by atoms with van der Waals surface area (Å²) in [6, 6.07) is 4.86. The van der Waals surface area contributed by atoms with Gasteiger partial charge < -0.3 is 24.4 Å². The number of β-amino-alcohol motifs (C(OH)–C–C–N with tert-alkyl or cyclic N) is 1. The number of aryl methyl sites for hydroxylation is 2. The molecule has 190 valence electrons. The van der Waals surface area contributed by atoms with E-state index in [1.807, 2.05) is 39.0 Å². The van der Waals surface area contributed by atoms with E-state index in [9.17, 15) is 19.5 Å². The lowest BCUT2D eigenvalue weighted by molar-refractivity contribution is -0.160. The second kappa shape index (κ2) is 9.39. The third kappa shape index (κ3) is 3.61. The van der Waals surface area contributed by atoms with Crippen LogP contribution < -0.4 is 4.90 Å². The van der Waals surface area contributed by atoms with E-state index < -0.39 is 35.0 Å². The Morgan fingerprint density at radius 2 is 1.97 bits per heavy atom. The predicted octanol–water partition coefficient (Wildman–Crippen LogP) is 2.53. The van der Waals surface area contributed by atoms with Gasteiger partial charge in [0.1, 0.15) is 17.6 Å². The smallest absolute Gasteiger partial charge is 0.312 e. The van der Waals surface area contributed by atoms with E-state index in [-0.39, 0.29) is 38.1 Å². The molecule has 3 fully saturated rings. The van der Waals surface area contributed by atoms with Gasteiger partial charge in [0, 0.05) is 18.8 Å². The number of aliphatic hydroxyl groups excluding tert-OH is 1. The summed E-state index contributed by atoms with van der Waals surface area (Å²) in [5.74, 6) is -2.67. The van der Waals surface area contributed by atoms with Crippen molar-refractivity contribution in [3.63, 3.8) is 0 Å². The summed E-state index contributed by atoms with van der Waals surface area (Å²) in [4.78, 5) is 44.5. The number of carbonyl (C=O) groups is 3. The molecule has 1 aromatic carbocycles. The first-order chi connectivity index (χ1) is 16.7. The van der Waals surface area contributed by atoms with Crippen molar-refractivity contribution in [1.29, 1.82) is 0 Å². The summed E-state index contributed by atoms with van der Waals surface area (Å²) in [6.07, 6.45) is 3.25. The molecule has 2 bridgehead atoms. The van der Waals surface area contributed by atoms with Gasteiger partial charge in [0.05, 0.1) is 24.7 Å². The molecule has 35 heavy (non-hydrogen) atoms. The van der Waals surface area contributed by atoms with Gasteiger partial charge in [-0.25, -0.2) is 0 Å². The third-order valence-corrected chi connectivity index (χ3v) is 8.08. The fourth-order valence-electron chi connectivity index (χ4n) is 6.74. The molecular weight excluding hydrogens is 448 g/mol. The van der Waals surface area contributed by atoms with Gasteiger partial charge in [-0.15, -0.1) is 6.58 Å². The van der Waals surface area contributed by atoms with Crippen molar-refractivity contribution in [2.24, 2.45) is 11.8 Å². The first kappa shape index (κ1) is 25.4. The molecule has 0 aromatic heterocycles. The van der Waals surface area contributed by atoms with Crippen molar-refractivity contribution >= 4 is 23.5 Å². The van der Waals surface area contributed by atoms with E-state index in [0.29, 0.717) is 19.3 Å². The maximum absolute atomic E-state index is 14.4. The minimum Gasteiger partial charge on any atom is -0.466 e. The number of rotatable bonds is 9. The Kier molecular flexibility index (Phi) is 6.81. The monoisotopic (exact) mass is 484 g/mol. The highest BCUT2D eigenvalue weighted by Gasteiger charge is 2.79. The summed E-state index contributed by atoms with van der Waals surface area (Å²) in [5, 5.41) is 9.81. The fraction of sp³-hybridized carbons (Fsp3) is 0.593. The number of carbonyl (C=O) groups excluding carboxylic acids is 3. The lowest BCUT2D eigenvalue weighted by Gasteiger charge is -2.37. The van der Waals surface area contributed by atoms with Gasteiger partial charge in [-0.05, 0) is 51.2 Å². The molecule has 8 nitrogen and oxygen atoms in total. The Balaban J connectivity index is 1.84. The van der Waals surface area contributed by atoms with Gasteiger partial charge in [-0.3, -0.25) is 14.4 Å². The topological polar surface area (TPSA) is 96.4 Å². The molecule has 3 heterocycles. The maximum atomic E-state index is 14.4. The lowest BCUT2D eigenvalue weighted by Crippen LogP contribution is -2.57. The van der Waals surface area contributed by atoms with E-state index in [2.05, 4.69) is 6.58 Å². The number of para-hydroxylation sites is 1. The van der Waals surface area contributed by atoms with Gasteiger partial charge in [0.25, 0.3) is 5.91 Å². The van der Waals surface area contributed by atoms with E-state index >= 15 is 0 Å². The van der Waals surface area contributed by atoms with Gasteiger partial charge in [-0.1, -0.05) is 31.2 Å². The van der Waals surface area contributed by atoms with E-state index in [4.69, 9.17) is 9.47 Å². The van der Waals surface area contributed by atoms with Crippen LogP contribution in [0.15, 0.2) is 30.9 Å². The second-order valence-corrected chi connectivity index (χ2v) is 9.82. The molecule has 4 rings (SSSR count). The number of nitrogens with zero attached hydrogens (tertiary/aromatic N) is 2. The SMILES string of the molecule is C=CCN(C(=O)C1N(CCO)C(=O)[C@@H]2[C@H](C(=O)OCC)[C@]3(CC)CCC12O3)c1c(C)cccc1C. The average Bonchev–Trinajstić information content (AvgIpc) is 3.42. The number of anilines is 1. The van der Waals surface area contributed by atoms with Crippen molar-refractivity contribution in [2.75, 3.05) is 31.2 Å². The number of esters is 1. The molecular formula is C27H36N2O6. The van der Waals surface area contributed by atoms with Crippen molar-refractivity contribution in [3.05, 3.63) is 42.0 Å². The van der Waals surface area contributed by atoms with Gasteiger partial charge in [0.15, 0.2) is 0 Å². The Morgan fingerprint density at radius 1 is 1.29 bits per heavy atom. The summed E-state index contributed by atoms with van der Waals surface area (Å²) < 4.78 is 12.1.